The smallest absolute Gasteiger partial charge is 0.408 e. The molecule has 4 heterocycles. The number of ether oxygens (including phenoxy) is 1. The molecule has 12 heteroatoms. The highest BCUT2D eigenvalue weighted by molar-refractivity contribution is 7.07. The summed E-state index contributed by atoms with van der Waals surface area (Å²) in [6.07, 6.45) is 3.09. The van der Waals surface area contributed by atoms with E-state index >= 15 is 0 Å². The van der Waals surface area contributed by atoms with Crippen LogP contribution in [0.25, 0.3) is 10.9 Å². The van der Waals surface area contributed by atoms with Gasteiger partial charge in [-0.1, -0.05) is 37.3 Å². The summed E-state index contributed by atoms with van der Waals surface area (Å²) >= 11 is 1.54. The number of Topliss-reactive ketones (excluding diaryl/α,β-unsaturated/α-hetero) is 1. The number of thiophene rings is 1. The number of nitrogens with zero attached hydrogens (tertiary/aromatic N) is 3. The van der Waals surface area contributed by atoms with Crippen molar-refractivity contribution in [2.45, 2.75) is 96.9 Å². The number of fused-ring (bicyclic) bond motifs is 2. The second kappa shape index (κ2) is 15.2. The molecule has 1 fully saturated rings. The van der Waals surface area contributed by atoms with Crippen LogP contribution in [0.4, 0.5) is 16.2 Å². The number of carbonyl (C=O) groups is 5. The van der Waals surface area contributed by atoms with Crippen molar-refractivity contribution in [3.05, 3.63) is 82.2 Å². The first-order valence-electron chi connectivity index (χ1n) is 18.3. The van der Waals surface area contributed by atoms with Crippen LogP contribution in [0.3, 0.4) is 0 Å². The molecular weight excluding hydrogens is 691 g/mol. The standard InChI is InChI=1S/C41H49N5O6S/c1-7-41(5,43-39(51)52-40(2,3)4)38(50)42-31(21-29-24-44(6)32-14-9-8-13-30(29)32)34(47)22-28-20-27-12-10-15-33(45-18-11-16-35(45)48)36(27)46(37(28)49)23-26-17-19-53-25-26/h8-10,12-15,17,19,24-25,28,31H,7,11,16,18,20-23H2,1-6H3,(H,42,50)(H,43,51)/t28?,31-,41-/m1/s1. The van der Waals surface area contributed by atoms with Gasteiger partial charge in [-0.05, 0) is 92.6 Å². The maximum Gasteiger partial charge on any atom is 0.408 e. The lowest BCUT2D eigenvalue weighted by Crippen LogP contribution is -2.60. The van der Waals surface area contributed by atoms with E-state index in [4.69, 9.17) is 4.74 Å². The molecule has 4 amide bonds. The third kappa shape index (κ3) is 8.17. The van der Waals surface area contributed by atoms with Crippen molar-refractivity contribution < 1.29 is 28.7 Å². The van der Waals surface area contributed by atoms with Crippen LogP contribution in [-0.2, 0) is 50.3 Å². The Kier molecular flexibility index (Phi) is 10.8. The van der Waals surface area contributed by atoms with Crippen LogP contribution in [0.2, 0.25) is 0 Å². The van der Waals surface area contributed by atoms with Crippen molar-refractivity contribution >= 4 is 63.2 Å². The highest BCUT2D eigenvalue weighted by Crippen LogP contribution is 2.42. The van der Waals surface area contributed by atoms with E-state index in [9.17, 15) is 24.0 Å². The molecule has 2 N–H and O–H groups in total. The minimum Gasteiger partial charge on any atom is -0.444 e. The minimum absolute atomic E-state index is 0.0332. The molecule has 11 nitrogen and oxygen atoms in total. The quantitative estimate of drug-likeness (QED) is 0.172. The Balaban J connectivity index is 1.31. The Labute approximate surface area is 314 Å². The van der Waals surface area contributed by atoms with Gasteiger partial charge in [-0.15, -0.1) is 0 Å². The van der Waals surface area contributed by atoms with E-state index in [1.54, 1.807) is 55.8 Å². The zero-order valence-corrected chi connectivity index (χ0v) is 32.2. The molecule has 6 rings (SSSR count). The summed E-state index contributed by atoms with van der Waals surface area (Å²) in [5, 5.41) is 10.6. The van der Waals surface area contributed by atoms with Crippen molar-refractivity contribution in [1.82, 2.24) is 15.2 Å². The molecule has 2 aliphatic heterocycles. The number of hydrogen-bond donors (Lipinski definition) is 2. The van der Waals surface area contributed by atoms with Gasteiger partial charge in [0.2, 0.25) is 17.7 Å². The molecular formula is C41H49N5O6S. The average molecular weight is 740 g/mol. The molecule has 2 aromatic carbocycles. The van der Waals surface area contributed by atoms with E-state index in [-0.39, 0.29) is 36.9 Å². The number of rotatable bonds is 12. The number of carbonyl (C=O) groups excluding carboxylic acids is 5. The van der Waals surface area contributed by atoms with Crippen LogP contribution < -0.4 is 20.4 Å². The first kappa shape index (κ1) is 37.8. The maximum absolute atomic E-state index is 14.6. The first-order valence-corrected chi connectivity index (χ1v) is 19.2. The molecule has 53 heavy (non-hydrogen) atoms. The van der Waals surface area contributed by atoms with E-state index in [0.29, 0.717) is 25.9 Å². The van der Waals surface area contributed by atoms with Crippen molar-refractivity contribution in [3.63, 3.8) is 0 Å². The van der Waals surface area contributed by atoms with Crippen LogP contribution in [0.1, 0.15) is 77.0 Å². The van der Waals surface area contributed by atoms with Gasteiger partial charge in [-0.3, -0.25) is 19.2 Å². The average Bonchev–Trinajstić information content (AvgIpc) is 3.86. The molecule has 0 bridgehead atoms. The predicted octanol–water partition coefficient (Wildman–Crippen LogP) is 6.45. The van der Waals surface area contributed by atoms with Gasteiger partial charge >= 0.3 is 6.09 Å². The Morgan fingerprint density at radius 3 is 2.49 bits per heavy atom. The van der Waals surface area contributed by atoms with Gasteiger partial charge in [0.15, 0.2) is 5.78 Å². The summed E-state index contributed by atoms with van der Waals surface area (Å²) in [6, 6.07) is 14.6. The van der Waals surface area contributed by atoms with Gasteiger partial charge < -0.3 is 29.7 Å². The Bertz CT molecular complexity index is 2030. The van der Waals surface area contributed by atoms with E-state index in [2.05, 4.69) is 10.6 Å². The summed E-state index contributed by atoms with van der Waals surface area (Å²) in [6.45, 7) is 9.52. The first-order chi connectivity index (χ1) is 25.2. The van der Waals surface area contributed by atoms with Crippen molar-refractivity contribution in [2.75, 3.05) is 16.3 Å². The topological polar surface area (TPSA) is 130 Å². The largest absolute Gasteiger partial charge is 0.444 e. The van der Waals surface area contributed by atoms with Gasteiger partial charge in [0.05, 0.1) is 24.0 Å². The lowest BCUT2D eigenvalue weighted by Gasteiger charge is -2.37. The summed E-state index contributed by atoms with van der Waals surface area (Å²) in [7, 11) is 1.93. The molecule has 3 atom stereocenters. The monoisotopic (exact) mass is 739 g/mol. The SMILES string of the molecule is CC[C@@](C)(NC(=O)OC(C)(C)C)C(=O)N[C@H](Cc1cn(C)c2ccccc12)C(=O)CC1Cc2cccc(N3CCCC3=O)c2N(Cc2ccsc2)C1=O. The third-order valence-electron chi connectivity index (χ3n) is 10.3. The van der Waals surface area contributed by atoms with Crippen LogP contribution in [-0.4, -0.2) is 57.9 Å². The molecule has 1 unspecified atom stereocenters. The van der Waals surface area contributed by atoms with Gasteiger partial charge in [0.1, 0.15) is 11.1 Å². The zero-order valence-electron chi connectivity index (χ0n) is 31.4. The number of aromatic nitrogens is 1. The molecule has 2 aliphatic rings. The van der Waals surface area contributed by atoms with Gasteiger partial charge in [0.25, 0.3) is 0 Å². The summed E-state index contributed by atoms with van der Waals surface area (Å²) in [5.41, 5.74) is 3.01. The molecule has 1 saturated heterocycles. The number of para-hydroxylation sites is 2. The van der Waals surface area contributed by atoms with Crippen LogP contribution >= 0.6 is 11.3 Å². The zero-order chi connectivity index (χ0) is 38.1. The van der Waals surface area contributed by atoms with E-state index in [0.717, 1.165) is 45.4 Å². The summed E-state index contributed by atoms with van der Waals surface area (Å²) in [5.74, 6) is -1.67. The number of ketones is 1. The molecule has 0 aliphatic carbocycles. The molecule has 0 spiro atoms. The lowest BCUT2D eigenvalue weighted by atomic mass is 9.85. The van der Waals surface area contributed by atoms with Crippen molar-refractivity contribution in [1.29, 1.82) is 0 Å². The Hall–Kier alpha value is -4.97. The highest BCUT2D eigenvalue weighted by Gasteiger charge is 2.41. The Morgan fingerprint density at radius 2 is 1.81 bits per heavy atom. The third-order valence-corrected chi connectivity index (χ3v) is 11.0. The molecule has 0 radical (unpaired) electrons. The second-order valence-electron chi connectivity index (χ2n) is 15.4. The minimum atomic E-state index is -1.38. The molecule has 0 saturated carbocycles. The Morgan fingerprint density at radius 1 is 1.04 bits per heavy atom. The van der Waals surface area contributed by atoms with Crippen LogP contribution in [0.5, 0.6) is 0 Å². The number of alkyl carbamates (subject to hydrolysis) is 1. The lowest BCUT2D eigenvalue weighted by molar-refractivity contribution is -0.133. The van der Waals surface area contributed by atoms with Crippen molar-refractivity contribution in [2.24, 2.45) is 13.0 Å². The maximum atomic E-state index is 14.6. The van der Waals surface area contributed by atoms with E-state index in [1.165, 1.54) is 0 Å². The van der Waals surface area contributed by atoms with Gasteiger partial charge in [-0.2, -0.15) is 11.3 Å². The molecule has 2 aromatic heterocycles. The summed E-state index contributed by atoms with van der Waals surface area (Å²) < 4.78 is 7.44. The van der Waals surface area contributed by atoms with E-state index in [1.807, 2.05) is 77.1 Å². The fraction of sp³-hybridized carbons (Fsp3) is 0.439. The molecule has 280 valence electrons. The number of anilines is 2. The van der Waals surface area contributed by atoms with Crippen LogP contribution in [0.15, 0.2) is 65.5 Å². The number of hydrogen-bond acceptors (Lipinski definition) is 7. The number of nitrogens with one attached hydrogen (secondary N) is 2. The number of benzene rings is 2. The summed E-state index contributed by atoms with van der Waals surface area (Å²) in [4.78, 5) is 72.4. The van der Waals surface area contributed by atoms with Crippen molar-refractivity contribution in [3.8, 4) is 0 Å². The van der Waals surface area contributed by atoms with Gasteiger partial charge in [-0.25, -0.2) is 4.79 Å². The molecule has 4 aromatic rings. The highest BCUT2D eigenvalue weighted by atomic mass is 32.1. The fourth-order valence-electron chi connectivity index (χ4n) is 7.33. The number of aryl methyl sites for hydroxylation is 1. The fourth-order valence-corrected chi connectivity index (χ4v) is 7.99. The second-order valence-corrected chi connectivity index (χ2v) is 16.2. The predicted molar refractivity (Wildman–Crippen MR) is 207 cm³/mol. The van der Waals surface area contributed by atoms with Crippen LogP contribution in [0, 0.1) is 5.92 Å². The number of amides is 4. The van der Waals surface area contributed by atoms with Gasteiger partial charge in [0, 0.05) is 55.9 Å². The normalized spacial score (nSPS) is 17.7. The van der Waals surface area contributed by atoms with E-state index < -0.39 is 35.1 Å².